The summed E-state index contributed by atoms with van der Waals surface area (Å²) >= 11 is 6.08. The van der Waals surface area contributed by atoms with E-state index in [0.717, 1.165) is 80.5 Å². The normalized spacial score (nSPS) is 14.8. The summed E-state index contributed by atoms with van der Waals surface area (Å²) in [6.45, 7) is 6.92. The summed E-state index contributed by atoms with van der Waals surface area (Å²) in [5.74, 6) is -0.129. The number of aryl methyl sites for hydroxylation is 2. The molecule has 2 aromatic carbocycles. The van der Waals surface area contributed by atoms with E-state index in [-0.39, 0.29) is 5.82 Å². The summed E-state index contributed by atoms with van der Waals surface area (Å²) in [4.78, 5) is 4.64. The maximum atomic E-state index is 14.1. The van der Waals surface area contributed by atoms with Crippen LogP contribution in [0, 0.1) is 5.82 Å². The SMILES string of the molecule is CCCCc1cc(CCCN2CCN(c3ccccc3F)CC2)n(-c2ccc(Cl)cc2)n1. The number of hydrogen-bond acceptors (Lipinski definition) is 3. The summed E-state index contributed by atoms with van der Waals surface area (Å²) in [7, 11) is 0. The fourth-order valence-electron chi connectivity index (χ4n) is 4.34. The highest BCUT2D eigenvalue weighted by molar-refractivity contribution is 6.30. The van der Waals surface area contributed by atoms with Gasteiger partial charge in [-0.3, -0.25) is 4.90 Å². The zero-order valence-corrected chi connectivity index (χ0v) is 19.6. The minimum Gasteiger partial charge on any atom is -0.367 e. The number of benzene rings is 2. The van der Waals surface area contributed by atoms with Gasteiger partial charge in [0.05, 0.1) is 17.1 Å². The molecule has 1 aliphatic heterocycles. The first kappa shape index (κ1) is 22.8. The van der Waals surface area contributed by atoms with Crippen molar-refractivity contribution >= 4 is 17.3 Å². The standard InChI is InChI=1S/C26H32ClFN4/c1-2-3-7-22-20-24(32(29-22)23-13-11-21(27)12-14-23)8-6-15-30-16-18-31(19-17-30)26-10-5-4-9-25(26)28/h4-5,9-14,20H,2-3,6-8,15-19H2,1H3. The van der Waals surface area contributed by atoms with E-state index in [2.05, 4.69) is 27.5 Å². The Morgan fingerprint density at radius 2 is 1.69 bits per heavy atom. The third-order valence-corrected chi connectivity index (χ3v) is 6.42. The highest BCUT2D eigenvalue weighted by Gasteiger charge is 2.19. The van der Waals surface area contributed by atoms with Crippen molar-refractivity contribution in [1.29, 1.82) is 0 Å². The summed E-state index contributed by atoms with van der Waals surface area (Å²) in [5, 5.41) is 5.62. The lowest BCUT2D eigenvalue weighted by Crippen LogP contribution is -2.47. The predicted molar refractivity (Wildman–Crippen MR) is 131 cm³/mol. The summed E-state index contributed by atoms with van der Waals surface area (Å²) in [5.41, 5.74) is 4.20. The average Bonchev–Trinajstić information content (AvgIpc) is 3.22. The van der Waals surface area contributed by atoms with Crippen LogP contribution in [0.3, 0.4) is 0 Å². The molecule has 4 rings (SSSR count). The predicted octanol–water partition coefficient (Wildman–Crippen LogP) is 5.76. The summed E-state index contributed by atoms with van der Waals surface area (Å²) in [6.07, 6.45) is 5.40. The van der Waals surface area contributed by atoms with Gasteiger partial charge < -0.3 is 4.90 Å². The summed E-state index contributed by atoms with van der Waals surface area (Å²) < 4.78 is 16.2. The number of hydrogen-bond donors (Lipinski definition) is 0. The highest BCUT2D eigenvalue weighted by Crippen LogP contribution is 2.21. The molecule has 1 saturated heterocycles. The molecule has 0 N–H and O–H groups in total. The molecule has 2 heterocycles. The molecule has 0 aliphatic carbocycles. The van der Waals surface area contributed by atoms with Crippen molar-refractivity contribution in [2.45, 2.75) is 39.0 Å². The average molecular weight is 455 g/mol. The maximum Gasteiger partial charge on any atom is 0.146 e. The number of unbranched alkanes of at least 4 members (excludes halogenated alkanes) is 1. The van der Waals surface area contributed by atoms with Crippen LogP contribution in [0.5, 0.6) is 0 Å². The van der Waals surface area contributed by atoms with E-state index in [4.69, 9.17) is 16.7 Å². The van der Waals surface area contributed by atoms with Gasteiger partial charge in [0.1, 0.15) is 5.82 Å². The topological polar surface area (TPSA) is 24.3 Å². The first-order valence-corrected chi connectivity index (χ1v) is 12.1. The lowest BCUT2D eigenvalue weighted by molar-refractivity contribution is 0.254. The fourth-order valence-corrected chi connectivity index (χ4v) is 4.47. The van der Waals surface area contributed by atoms with Gasteiger partial charge in [-0.25, -0.2) is 9.07 Å². The Morgan fingerprint density at radius 3 is 2.41 bits per heavy atom. The van der Waals surface area contributed by atoms with Crippen molar-refractivity contribution in [3.05, 3.63) is 76.8 Å². The molecule has 170 valence electrons. The minimum absolute atomic E-state index is 0.129. The van der Waals surface area contributed by atoms with Gasteiger partial charge in [-0.15, -0.1) is 0 Å². The van der Waals surface area contributed by atoms with Crippen molar-refractivity contribution in [1.82, 2.24) is 14.7 Å². The first-order valence-electron chi connectivity index (χ1n) is 11.7. The zero-order chi connectivity index (χ0) is 22.3. The van der Waals surface area contributed by atoms with Crippen LogP contribution >= 0.6 is 11.6 Å². The van der Waals surface area contributed by atoms with E-state index in [1.807, 2.05) is 36.4 Å². The van der Waals surface area contributed by atoms with Gasteiger partial charge in [-0.2, -0.15) is 5.10 Å². The molecular weight excluding hydrogens is 423 g/mol. The van der Waals surface area contributed by atoms with E-state index in [0.29, 0.717) is 0 Å². The summed E-state index contributed by atoms with van der Waals surface area (Å²) in [6, 6.07) is 17.2. The van der Waals surface area contributed by atoms with Gasteiger partial charge in [-0.05, 0) is 74.7 Å². The van der Waals surface area contributed by atoms with Crippen LogP contribution < -0.4 is 4.90 Å². The molecule has 32 heavy (non-hydrogen) atoms. The Kier molecular flexibility index (Phi) is 7.82. The molecule has 0 saturated carbocycles. The molecule has 0 atom stereocenters. The molecule has 0 bridgehead atoms. The molecular formula is C26H32ClFN4. The second-order valence-corrected chi connectivity index (χ2v) is 8.94. The Hall–Kier alpha value is -2.37. The third-order valence-electron chi connectivity index (χ3n) is 6.16. The van der Waals surface area contributed by atoms with Gasteiger partial charge in [0, 0.05) is 36.9 Å². The van der Waals surface area contributed by atoms with Crippen LogP contribution in [0.4, 0.5) is 10.1 Å². The highest BCUT2D eigenvalue weighted by atomic mass is 35.5. The van der Waals surface area contributed by atoms with Crippen molar-refractivity contribution in [2.75, 3.05) is 37.6 Å². The van der Waals surface area contributed by atoms with Crippen molar-refractivity contribution < 1.29 is 4.39 Å². The van der Waals surface area contributed by atoms with Crippen LogP contribution in [0.25, 0.3) is 5.69 Å². The molecule has 0 unspecified atom stereocenters. The molecule has 1 aliphatic rings. The van der Waals surface area contributed by atoms with Gasteiger partial charge in [0.25, 0.3) is 0 Å². The second kappa shape index (κ2) is 11.0. The van der Waals surface area contributed by atoms with E-state index in [1.54, 1.807) is 12.1 Å². The van der Waals surface area contributed by atoms with E-state index >= 15 is 0 Å². The number of nitrogens with zero attached hydrogens (tertiary/aromatic N) is 4. The van der Waals surface area contributed by atoms with E-state index < -0.39 is 0 Å². The number of halogens is 2. The quantitative estimate of drug-likeness (QED) is 0.410. The minimum atomic E-state index is -0.129. The fraction of sp³-hybridized carbons (Fsp3) is 0.423. The molecule has 1 fully saturated rings. The molecule has 4 nitrogen and oxygen atoms in total. The Labute approximate surface area is 195 Å². The number of piperazine rings is 1. The zero-order valence-electron chi connectivity index (χ0n) is 18.8. The third kappa shape index (κ3) is 5.70. The smallest absolute Gasteiger partial charge is 0.146 e. The lowest BCUT2D eigenvalue weighted by Gasteiger charge is -2.36. The van der Waals surface area contributed by atoms with E-state index in [9.17, 15) is 4.39 Å². The van der Waals surface area contributed by atoms with Gasteiger partial charge in [0.15, 0.2) is 0 Å². The van der Waals surface area contributed by atoms with Gasteiger partial charge in [0.2, 0.25) is 0 Å². The van der Waals surface area contributed by atoms with Crippen LogP contribution in [0.15, 0.2) is 54.6 Å². The van der Waals surface area contributed by atoms with Crippen molar-refractivity contribution in [2.24, 2.45) is 0 Å². The van der Waals surface area contributed by atoms with Crippen LogP contribution in [-0.4, -0.2) is 47.4 Å². The Bertz CT molecular complexity index is 993. The maximum absolute atomic E-state index is 14.1. The molecule has 3 aromatic rings. The van der Waals surface area contributed by atoms with Crippen LogP contribution in [0.2, 0.25) is 5.02 Å². The Balaban J connectivity index is 1.34. The van der Waals surface area contributed by atoms with Gasteiger partial charge in [-0.1, -0.05) is 37.1 Å². The largest absolute Gasteiger partial charge is 0.367 e. The molecule has 6 heteroatoms. The first-order chi connectivity index (χ1) is 15.6. The molecule has 1 aromatic heterocycles. The number of aromatic nitrogens is 2. The molecule has 0 spiro atoms. The van der Waals surface area contributed by atoms with Gasteiger partial charge >= 0.3 is 0 Å². The molecule has 0 amide bonds. The number of rotatable bonds is 9. The van der Waals surface area contributed by atoms with Crippen LogP contribution in [-0.2, 0) is 12.8 Å². The Morgan fingerprint density at radius 1 is 0.938 bits per heavy atom. The number of anilines is 1. The second-order valence-electron chi connectivity index (χ2n) is 8.50. The van der Waals surface area contributed by atoms with Crippen LogP contribution in [0.1, 0.15) is 37.6 Å². The van der Waals surface area contributed by atoms with Crippen molar-refractivity contribution in [3.63, 3.8) is 0 Å². The van der Waals surface area contributed by atoms with E-state index in [1.165, 1.54) is 12.1 Å². The molecule has 0 radical (unpaired) electrons. The monoisotopic (exact) mass is 454 g/mol. The van der Waals surface area contributed by atoms with Crippen molar-refractivity contribution in [3.8, 4) is 5.69 Å². The lowest BCUT2D eigenvalue weighted by atomic mass is 10.1. The number of para-hydroxylation sites is 1.